The summed E-state index contributed by atoms with van der Waals surface area (Å²) in [4.78, 5) is 0. The van der Waals surface area contributed by atoms with Crippen molar-refractivity contribution in [1.82, 2.24) is 0 Å². The summed E-state index contributed by atoms with van der Waals surface area (Å²) in [5, 5.41) is 0. The Balaban J connectivity index is 2.21. The van der Waals surface area contributed by atoms with E-state index in [2.05, 4.69) is 41.5 Å². The molecule has 0 radical (unpaired) electrons. The Hall–Kier alpha value is -1.04. The Morgan fingerprint density at radius 1 is 1.17 bits per heavy atom. The Bertz CT molecular complexity index is 543. The molecular formula is C18H30BNO3. The lowest BCUT2D eigenvalue weighted by Crippen LogP contribution is -2.41. The second-order valence-electron chi connectivity index (χ2n) is 7.58. The summed E-state index contributed by atoms with van der Waals surface area (Å²) in [6.45, 7) is 14.4. The summed E-state index contributed by atoms with van der Waals surface area (Å²) in [5.74, 6) is 1.10. The molecule has 1 saturated heterocycles. The molecule has 1 aromatic rings. The van der Waals surface area contributed by atoms with Gasteiger partial charge >= 0.3 is 7.12 Å². The van der Waals surface area contributed by atoms with Crippen molar-refractivity contribution < 1.29 is 14.0 Å². The van der Waals surface area contributed by atoms with Gasteiger partial charge in [-0.25, -0.2) is 0 Å². The second kappa shape index (κ2) is 6.46. The van der Waals surface area contributed by atoms with Crippen LogP contribution in [0.15, 0.2) is 18.2 Å². The van der Waals surface area contributed by atoms with Crippen molar-refractivity contribution in [2.75, 3.05) is 0 Å². The minimum atomic E-state index is -0.386. The third-order valence-corrected chi connectivity index (χ3v) is 5.21. The molecule has 0 spiro atoms. The Labute approximate surface area is 140 Å². The molecule has 0 bridgehead atoms. The van der Waals surface area contributed by atoms with Crippen LogP contribution in [0.2, 0.25) is 0 Å². The van der Waals surface area contributed by atoms with Gasteiger partial charge in [0.25, 0.3) is 0 Å². The van der Waals surface area contributed by atoms with Gasteiger partial charge in [-0.1, -0.05) is 26.0 Å². The molecule has 4 nitrogen and oxygen atoms in total. The maximum Gasteiger partial charge on any atom is 0.494 e. The van der Waals surface area contributed by atoms with Gasteiger partial charge in [-0.15, -0.1) is 0 Å². The van der Waals surface area contributed by atoms with E-state index < -0.39 is 0 Å². The third-order valence-electron chi connectivity index (χ3n) is 5.21. The quantitative estimate of drug-likeness (QED) is 0.669. The van der Waals surface area contributed by atoms with Crippen molar-refractivity contribution in [1.29, 1.82) is 0 Å². The van der Waals surface area contributed by atoms with Crippen LogP contribution in [0.1, 0.15) is 53.5 Å². The van der Waals surface area contributed by atoms with Crippen LogP contribution in [0.5, 0.6) is 5.75 Å². The normalized spacial score (nSPS) is 22.0. The van der Waals surface area contributed by atoms with Crippen molar-refractivity contribution in [2.24, 2.45) is 11.7 Å². The van der Waals surface area contributed by atoms with Crippen LogP contribution in [0.3, 0.4) is 0 Å². The van der Waals surface area contributed by atoms with Crippen LogP contribution < -0.4 is 15.9 Å². The van der Waals surface area contributed by atoms with Crippen molar-refractivity contribution in [3.63, 3.8) is 0 Å². The molecule has 2 unspecified atom stereocenters. The number of benzene rings is 1. The predicted octanol–water partition coefficient (Wildman–Crippen LogP) is 3.00. The Morgan fingerprint density at radius 2 is 1.74 bits per heavy atom. The van der Waals surface area contributed by atoms with Gasteiger partial charge in [0.1, 0.15) is 12.0 Å². The minimum absolute atomic E-state index is 0.301. The molecule has 2 N–H and O–H groups in total. The molecule has 1 aliphatic heterocycles. The molecular weight excluding hydrogens is 289 g/mol. The lowest BCUT2D eigenvalue weighted by atomic mass is 9.78. The fraction of sp³-hybridized carbons (Fsp3) is 0.667. The SMILES string of the molecule is CCC(C)C(N)Oc1cc(B2OC(C)(C)C(C)(C)O2)ccc1C. The largest absolute Gasteiger partial charge is 0.494 e. The molecule has 23 heavy (non-hydrogen) atoms. The summed E-state index contributed by atoms with van der Waals surface area (Å²) >= 11 is 0. The molecule has 128 valence electrons. The second-order valence-corrected chi connectivity index (χ2v) is 7.58. The van der Waals surface area contributed by atoms with E-state index in [-0.39, 0.29) is 24.5 Å². The van der Waals surface area contributed by atoms with E-state index in [1.807, 2.05) is 25.1 Å². The number of hydrogen-bond acceptors (Lipinski definition) is 4. The summed E-state index contributed by atoms with van der Waals surface area (Å²) in [6.07, 6.45) is 0.671. The first kappa shape index (κ1) is 18.3. The number of aryl methyl sites for hydroxylation is 1. The monoisotopic (exact) mass is 319 g/mol. The van der Waals surface area contributed by atoms with Crippen LogP contribution in [-0.4, -0.2) is 24.5 Å². The van der Waals surface area contributed by atoms with Crippen molar-refractivity contribution in [3.8, 4) is 5.75 Å². The molecule has 0 saturated carbocycles. The van der Waals surface area contributed by atoms with E-state index >= 15 is 0 Å². The summed E-state index contributed by atoms with van der Waals surface area (Å²) in [5.41, 5.74) is 7.45. The third kappa shape index (κ3) is 3.73. The smallest absolute Gasteiger partial charge is 0.475 e. The van der Waals surface area contributed by atoms with Crippen LogP contribution >= 0.6 is 0 Å². The number of hydrogen-bond donors (Lipinski definition) is 1. The number of ether oxygens (including phenoxy) is 1. The van der Waals surface area contributed by atoms with Crippen molar-refractivity contribution in [2.45, 2.75) is 72.3 Å². The molecule has 0 aromatic heterocycles. The molecule has 1 aromatic carbocycles. The fourth-order valence-corrected chi connectivity index (χ4v) is 2.36. The van der Waals surface area contributed by atoms with E-state index in [1.165, 1.54) is 0 Å². The standard InChI is InChI=1S/C18H30BNO3/c1-8-12(2)16(20)21-15-11-14(10-9-13(15)3)19-22-17(4,5)18(6,7)23-19/h9-12,16H,8,20H2,1-7H3. The maximum atomic E-state index is 6.13. The molecule has 5 heteroatoms. The zero-order chi connectivity index (χ0) is 17.4. The van der Waals surface area contributed by atoms with Crippen LogP contribution in [0, 0.1) is 12.8 Å². The van der Waals surface area contributed by atoms with Gasteiger partial charge in [0.05, 0.1) is 11.2 Å². The predicted molar refractivity (Wildman–Crippen MR) is 95.0 cm³/mol. The number of rotatable bonds is 5. The van der Waals surface area contributed by atoms with E-state index in [1.54, 1.807) is 0 Å². The van der Waals surface area contributed by atoms with Gasteiger partial charge < -0.3 is 14.0 Å². The molecule has 1 fully saturated rings. The Kier molecular flexibility index (Phi) is 5.14. The first-order valence-electron chi connectivity index (χ1n) is 8.46. The van der Waals surface area contributed by atoms with E-state index in [0.29, 0.717) is 5.92 Å². The molecule has 1 aliphatic rings. The highest BCUT2D eigenvalue weighted by Crippen LogP contribution is 2.36. The highest BCUT2D eigenvalue weighted by molar-refractivity contribution is 6.62. The fourth-order valence-electron chi connectivity index (χ4n) is 2.36. The molecule has 0 aliphatic carbocycles. The topological polar surface area (TPSA) is 53.7 Å². The summed E-state index contributed by atoms with van der Waals surface area (Å²) < 4.78 is 18.2. The van der Waals surface area contributed by atoms with E-state index in [9.17, 15) is 0 Å². The van der Waals surface area contributed by atoms with Gasteiger partial charge in [-0.2, -0.15) is 0 Å². The van der Waals surface area contributed by atoms with Crippen molar-refractivity contribution in [3.05, 3.63) is 23.8 Å². The average Bonchev–Trinajstić information content (AvgIpc) is 2.68. The highest BCUT2D eigenvalue weighted by atomic mass is 16.7. The average molecular weight is 319 g/mol. The molecule has 0 amide bonds. The van der Waals surface area contributed by atoms with Crippen LogP contribution in [0.25, 0.3) is 0 Å². The van der Waals surface area contributed by atoms with E-state index in [4.69, 9.17) is 19.8 Å². The van der Waals surface area contributed by atoms with Crippen LogP contribution in [-0.2, 0) is 9.31 Å². The van der Waals surface area contributed by atoms with Gasteiger partial charge in [-0.3, -0.25) is 5.73 Å². The lowest BCUT2D eigenvalue weighted by Gasteiger charge is -2.32. The summed E-state index contributed by atoms with van der Waals surface area (Å²) in [6, 6.07) is 6.04. The van der Waals surface area contributed by atoms with Crippen molar-refractivity contribution >= 4 is 12.6 Å². The zero-order valence-corrected chi connectivity index (χ0v) is 15.5. The molecule has 1 heterocycles. The number of nitrogens with two attached hydrogens (primary N) is 1. The van der Waals surface area contributed by atoms with Gasteiger partial charge in [-0.05, 0) is 58.1 Å². The first-order valence-corrected chi connectivity index (χ1v) is 8.46. The lowest BCUT2D eigenvalue weighted by molar-refractivity contribution is 0.00578. The maximum absolute atomic E-state index is 6.13. The van der Waals surface area contributed by atoms with Gasteiger partial charge in [0.15, 0.2) is 0 Å². The van der Waals surface area contributed by atoms with E-state index in [0.717, 1.165) is 23.2 Å². The van der Waals surface area contributed by atoms with Crippen LogP contribution in [0.4, 0.5) is 0 Å². The summed E-state index contributed by atoms with van der Waals surface area (Å²) in [7, 11) is -0.386. The highest BCUT2D eigenvalue weighted by Gasteiger charge is 2.51. The molecule has 2 atom stereocenters. The van der Waals surface area contributed by atoms with Gasteiger partial charge in [0.2, 0.25) is 0 Å². The van der Waals surface area contributed by atoms with Gasteiger partial charge in [0, 0.05) is 5.92 Å². The zero-order valence-electron chi connectivity index (χ0n) is 15.5. The Morgan fingerprint density at radius 3 is 2.26 bits per heavy atom. The first-order chi connectivity index (χ1) is 10.6. The molecule has 2 rings (SSSR count). The minimum Gasteiger partial charge on any atom is -0.475 e.